The molecule has 1 saturated heterocycles. The van der Waals surface area contributed by atoms with Crippen molar-refractivity contribution in [2.24, 2.45) is 5.92 Å². The first-order valence-corrected chi connectivity index (χ1v) is 8.94. The number of anilines is 2. The summed E-state index contributed by atoms with van der Waals surface area (Å²) < 4.78 is 10.2. The molecule has 1 atom stereocenters. The van der Waals surface area contributed by atoms with Gasteiger partial charge in [-0.1, -0.05) is 17.7 Å². The van der Waals surface area contributed by atoms with Gasteiger partial charge >= 0.3 is 5.97 Å². The van der Waals surface area contributed by atoms with Gasteiger partial charge in [0.1, 0.15) is 5.75 Å². The molecule has 1 fully saturated rings. The Kier molecular flexibility index (Phi) is 5.93. The molecule has 1 N–H and O–H groups in total. The number of esters is 1. The Morgan fingerprint density at radius 2 is 1.79 bits per heavy atom. The number of nitrogens with one attached hydrogen (secondary N) is 1. The lowest BCUT2D eigenvalue weighted by Gasteiger charge is -2.16. The van der Waals surface area contributed by atoms with Gasteiger partial charge in [0.25, 0.3) is 5.91 Å². The first-order valence-electron chi connectivity index (χ1n) is 8.94. The van der Waals surface area contributed by atoms with Gasteiger partial charge in [0, 0.05) is 24.3 Å². The zero-order valence-corrected chi connectivity index (χ0v) is 15.8. The first kappa shape index (κ1) is 19.4. The average molecular weight is 382 g/mol. The van der Waals surface area contributed by atoms with Crippen molar-refractivity contribution >= 4 is 29.2 Å². The van der Waals surface area contributed by atoms with E-state index in [1.54, 1.807) is 36.3 Å². The lowest BCUT2D eigenvalue weighted by molar-refractivity contribution is -0.151. The van der Waals surface area contributed by atoms with Gasteiger partial charge in [0.05, 0.1) is 13.0 Å². The van der Waals surface area contributed by atoms with E-state index in [0.29, 0.717) is 11.4 Å². The molecule has 2 aromatic rings. The molecule has 0 aromatic heterocycles. The van der Waals surface area contributed by atoms with E-state index in [1.165, 1.54) is 0 Å². The second-order valence-corrected chi connectivity index (χ2v) is 6.63. The Morgan fingerprint density at radius 1 is 1.11 bits per heavy atom. The zero-order chi connectivity index (χ0) is 20.1. The highest BCUT2D eigenvalue weighted by molar-refractivity contribution is 6.00. The van der Waals surface area contributed by atoms with E-state index in [9.17, 15) is 14.4 Å². The van der Waals surface area contributed by atoms with Crippen LogP contribution in [0.25, 0.3) is 0 Å². The van der Waals surface area contributed by atoms with Crippen LogP contribution < -0.4 is 15.0 Å². The normalized spacial score (nSPS) is 16.0. The van der Waals surface area contributed by atoms with Gasteiger partial charge in [0.15, 0.2) is 6.61 Å². The Labute approximate surface area is 163 Å². The molecule has 1 heterocycles. The quantitative estimate of drug-likeness (QED) is 0.776. The summed E-state index contributed by atoms with van der Waals surface area (Å²) in [4.78, 5) is 38.0. The number of methoxy groups -OCH3 is 1. The van der Waals surface area contributed by atoms with Gasteiger partial charge < -0.3 is 19.7 Å². The molecule has 146 valence electrons. The summed E-state index contributed by atoms with van der Waals surface area (Å²) in [5.41, 5.74) is 2.42. The predicted octanol–water partition coefficient (Wildman–Crippen LogP) is 2.54. The number of nitrogens with zero attached hydrogens (tertiary/aromatic N) is 1. The number of benzene rings is 2. The fourth-order valence-electron chi connectivity index (χ4n) is 2.97. The van der Waals surface area contributed by atoms with Crippen molar-refractivity contribution in [3.63, 3.8) is 0 Å². The summed E-state index contributed by atoms with van der Waals surface area (Å²) in [6, 6.07) is 14.3. The van der Waals surface area contributed by atoms with E-state index in [2.05, 4.69) is 5.32 Å². The standard InChI is InChI=1S/C21H22N2O5/c1-14-3-7-17(8-4-14)23-12-15(11-20(23)25)21(26)28-13-19(24)22-16-5-9-18(27-2)10-6-16/h3-10,15H,11-13H2,1-2H3,(H,22,24)/t15-/m0/s1. The molecule has 0 saturated carbocycles. The van der Waals surface area contributed by atoms with Crippen LogP contribution in [-0.2, 0) is 19.1 Å². The van der Waals surface area contributed by atoms with E-state index in [1.807, 2.05) is 31.2 Å². The minimum Gasteiger partial charge on any atom is -0.497 e. The molecule has 2 aromatic carbocycles. The highest BCUT2D eigenvalue weighted by Crippen LogP contribution is 2.26. The molecule has 0 spiro atoms. The lowest BCUT2D eigenvalue weighted by Crippen LogP contribution is -2.28. The molecule has 0 bridgehead atoms. The minimum absolute atomic E-state index is 0.0762. The van der Waals surface area contributed by atoms with E-state index in [0.717, 1.165) is 11.3 Å². The van der Waals surface area contributed by atoms with Crippen molar-refractivity contribution in [2.45, 2.75) is 13.3 Å². The Morgan fingerprint density at radius 3 is 2.43 bits per heavy atom. The molecule has 0 radical (unpaired) electrons. The van der Waals surface area contributed by atoms with Crippen molar-refractivity contribution in [1.82, 2.24) is 0 Å². The Hall–Kier alpha value is -3.35. The molecule has 1 aliphatic heterocycles. The maximum absolute atomic E-state index is 12.3. The third-order valence-corrected chi connectivity index (χ3v) is 4.52. The van der Waals surface area contributed by atoms with Crippen molar-refractivity contribution in [2.75, 3.05) is 30.5 Å². The third kappa shape index (κ3) is 4.68. The molecule has 2 amide bonds. The third-order valence-electron chi connectivity index (χ3n) is 4.52. The second kappa shape index (κ2) is 8.56. The minimum atomic E-state index is -0.581. The van der Waals surface area contributed by atoms with Crippen molar-refractivity contribution in [1.29, 1.82) is 0 Å². The number of hydrogen-bond donors (Lipinski definition) is 1. The van der Waals surface area contributed by atoms with Gasteiger partial charge in [-0.3, -0.25) is 14.4 Å². The summed E-state index contributed by atoms with van der Waals surface area (Å²) in [6.07, 6.45) is 0.0762. The number of carbonyl (C=O) groups excluding carboxylic acids is 3. The molecule has 0 unspecified atom stereocenters. The van der Waals surface area contributed by atoms with Crippen LogP contribution in [0.4, 0.5) is 11.4 Å². The van der Waals surface area contributed by atoms with Crippen LogP contribution in [0.15, 0.2) is 48.5 Å². The number of aryl methyl sites for hydroxylation is 1. The second-order valence-electron chi connectivity index (χ2n) is 6.63. The van der Waals surface area contributed by atoms with Crippen LogP contribution in [0.2, 0.25) is 0 Å². The topological polar surface area (TPSA) is 84.9 Å². The Balaban J connectivity index is 1.49. The number of carbonyl (C=O) groups is 3. The average Bonchev–Trinajstić information content (AvgIpc) is 3.09. The van der Waals surface area contributed by atoms with Crippen LogP contribution in [0.5, 0.6) is 5.75 Å². The number of amides is 2. The summed E-state index contributed by atoms with van der Waals surface area (Å²) in [5, 5.41) is 2.64. The van der Waals surface area contributed by atoms with Crippen LogP contribution in [0.1, 0.15) is 12.0 Å². The summed E-state index contributed by atoms with van der Waals surface area (Å²) in [7, 11) is 1.56. The molecular weight excluding hydrogens is 360 g/mol. The molecule has 7 nitrogen and oxygen atoms in total. The Bertz CT molecular complexity index is 861. The molecule has 1 aliphatic rings. The highest BCUT2D eigenvalue weighted by Gasteiger charge is 2.36. The van der Waals surface area contributed by atoms with E-state index in [-0.39, 0.29) is 18.9 Å². The monoisotopic (exact) mass is 382 g/mol. The van der Waals surface area contributed by atoms with Gasteiger partial charge in [-0.2, -0.15) is 0 Å². The fraction of sp³-hybridized carbons (Fsp3) is 0.286. The van der Waals surface area contributed by atoms with Gasteiger partial charge in [-0.05, 0) is 43.3 Å². The zero-order valence-electron chi connectivity index (χ0n) is 15.8. The van der Waals surface area contributed by atoms with Crippen molar-refractivity contribution in [3.8, 4) is 5.75 Å². The maximum Gasteiger partial charge on any atom is 0.311 e. The fourth-order valence-corrected chi connectivity index (χ4v) is 2.97. The van der Waals surface area contributed by atoms with Gasteiger partial charge in [-0.25, -0.2) is 0 Å². The predicted molar refractivity (Wildman–Crippen MR) is 104 cm³/mol. The molecule has 3 rings (SSSR count). The highest BCUT2D eigenvalue weighted by atomic mass is 16.5. The maximum atomic E-state index is 12.3. The number of hydrogen-bond acceptors (Lipinski definition) is 5. The SMILES string of the molecule is COc1ccc(NC(=O)COC(=O)[C@H]2CC(=O)N(c3ccc(C)cc3)C2)cc1. The van der Waals surface area contributed by atoms with E-state index < -0.39 is 24.4 Å². The van der Waals surface area contributed by atoms with Crippen molar-refractivity contribution in [3.05, 3.63) is 54.1 Å². The lowest BCUT2D eigenvalue weighted by atomic mass is 10.1. The largest absolute Gasteiger partial charge is 0.497 e. The molecule has 0 aliphatic carbocycles. The van der Waals surface area contributed by atoms with Gasteiger partial charge in [0.2, 0.25) is 5.91 Å². The van der Waals surface area contributed by atoms with Crippen LogP contribution in [0.3, 0.4) is 0 Å². The molecular formula is C21H22N2O5. The van der Waals surface area contributed by atoms with E-state index >= 15 is 0 Å². The number of ether oxygens (including phenoxy) is 2. The van der Waals surface area contributed by atoms with Crippen LogP contribution in [0, 0.1) is 12.8 Å². The summed E-state index contributed by atoms with van der Waals surface area (Å²) in [5.74, 6) is -1.03. The van der Waals surface area contributed by atoms with Crippen molar-refractivity contribution < 1.29 is 23.9 Å². The number of rotatable bonds is 6. The smallest absolute Gasteiger partial charge is 0.311 e. The van der Waals surface area contributed by atoms with Crippen LogP contribution in [-0.4, -0.2) is 38.0 Å². The first-order chi connectivity index (χ1) is 13.5. The van der Waals surface area contributed by atoms with E-state index in [4.69, 9.17) is 9.47 Å². The molecule has 7 heteroatoms. The summed E-state index contributed by atoms with van der Waals surface area (Å²) >= 11 is 0. The molecule has 28 heavy (non-hydrogen) atoms. The van der Waals surface area contributed by atoms with Crippen LogP contribution >= 0.6 is 0 Å². The summed E-state index contributed by atoms with van der Waals surface area (Å²) in [6.45, 7) is 1.81. The van der Waals surface area contributed by atoms with Gasteiger partial charge in [-0.15, -0.1) is 0 Å².